The molecule has 0 saturated carbocycles. The topological polar surface area (TPSA) is 12.0 Å². The molecule has 1 nitrogen and oxygen atoms in total. The van der Waals surface area contributed by atoms with Crippen LogP contribution in [-0.4, -0.2) is 7.05 Å². The van der Waals surface area contributed by atoms with E-state index in [1.165, 1.54) is 24.8 Å². The van der Waals surface area contributed by atoms with E-state index in [1.807, 2.05) is 7.05 Å². The molecule has 20 heavy (non-hydrogen) atoms. The molecule has 2 rings (SSSR count). The highest BCUT2D eigenvalue weighted by Crippen LogP contribution is 2.31. The van der Waals surface area contributed by atoms with Crippen LogP contribution in [0.15, 0.2) is 23.8 Å². The molecule has 1 N–H and O–H groups in total. The molecule has 110 valence electrons. The second kappa shape index (κ2) is 6.98. The minimum atomic E-state index is -0.479. The van der Waals surface area contributed by atoms with E-state index in [0.29, 0.717) is 11.1 Å². The number of halogens is 2. The summed E-state index contributed by atoms with van der Waals surface area (Å²) in [5.74, 6) is -0.942. The van der Waals surface area contributed by atoms with Gasteiger partial charge in [0.05, 0.1) is 6.04 Å². The van der Waals surface area contributed by atoms with Gasteiger partial charge < -0.3 is 5.32 Å². The molecule has 1 aliphatic rings. The smallest absolute Gasteiger partial charge is 0.131 e. The van der Waals surface area contributed by atoms with Crippen molar-refractivity contribution in [3.8, 4) is 0 Å². The van der Waals surface area contributed by atoms with Crippen molar-refractivity contribution < 1.29 is 8.78 Å². The molecule has 0 aromatic heterocycles. The molecule has 0 fully saturated rings. The fourth-order valence-corrected chi connectivity index (χ4v) is 2.92. The average molecular weight is 279 g/mol. The molecule has 3 heteroatoms. The van der Waals surface area contributed by atoms with Gasteiger partial charge in [0.25, 0.3) is 0 Å². The van der Waals surface area contributed by atoms with E-state index in [1.54, 1.807) is 13.0 Å². The molecular weight excluding hydrogens is 256 g/mol. The normalized spacial score (nSPS) is 20.7. The van der Waals surface area contributed by atoms with Gasteiger partial charge in [-0.3, -0.25) is 0 Å². The maximum Gasteiger partial charge on any atom is 0.131 e. The third-order valence-corrected chi connectivity index (χ3v) is 4.07. The molecule has 1 atom stereocenters. The van der Waals surface area contributed by atoms with Crippen molar-refractivity contribution in [3.63, 3.8) is 0 Å². The molecule has 1 aromatic rings. The molecule has 0 bridgehead atoms. The molecule has 1 unspecified atom stereocenters. The predicted octanol–water partition coefficient (Wildman–Crippen LogP) is 4.81. The molecule has 0 radical (unpaired) electrons. The lowest BCUT2D eigenvalue weighted by Gasteiger charge is -2.23. The first-order chi connectivity index (χ1) is 9.63. The van der Waals surface area contributed by atoms with Crippen LogP contribution in [0.4, 0.5) is 8.78 Å². The zero-order valence-electron chi connectivity index (χ0n) is 12.3. The summed E-state index contributed by atoms with van der Waals surface area (Å²) in [5.41, 5.74) is 2.28. The van der Waals surface area contributed by atoms with E-state index in [0.717, 1.165) is 25.3 Å². The average Bonchev–Trinajstić information content (AvgIpc) is 2.38. The van der Waals surface area contributed by atoms with Crippen LogP contribution in [0.3, 0.4) is 0 Å². The number of hydrogen-bond acceptors (Lipinski definition) is 1. The predicted molar refractivity (Wildman–Crippen MR) is 78.7 cm³/mol. The van der Waals surface area contributed by atoms with Gasteiger partial charge in [-0.2, -0.15) is 0 Å². The Morgan fingerprint density at radius 1 is 1.05 bits per heavy atom. The number of nitrogens with one attached hydrogen (secondary N) is 1. The number of likely N-dealkylation sites (N-methyl/N-ethyl adjacent to an activating group) is 1. The van der Waals surface area contributed by atoms with Gasteiger partial charge in [0.1, 0.15) is 11.6 Å². The second-order valence-corrected chi connectivity index (χ2v) is 5.58. The molecule has 0 heterocycles. The van der Waals surface area contributed by atoms with E-state index >= 15 is 0 Å². The largest absolute Gasteiger partial charge is 0.310 e. The van der Waals surface area contributed by atoms with E-state index in [4.69, 9.17) is 0 Å². The highest BCUT2D eigenvalue weighted by Gasteiger charge is 2.20. The van der Waals surface area contributed by atoms with Gasteiger partial charge in [-0.15, -0.1) is 0 Å². The second-order valence-electron chi connectivity index (χ2n) is 5.58. The fourth-order valence-electron chi connectivity index (χ4n) is 2.92. The fraction of sp³-hybridized carbons (Fsp3) is 0.529. The van der Waals surface area contributed by atoms with Gasteiger partial charge in [0, 0.05) is 11.6 Å². The number of benzene rings is 1. The van der Waals surface area contributed by atoms with E-state index in [-0.39, 0.29) is 6.04 Å². The zero-order valence-corrected chi connectivity index (χ0v) is 12.3. The number of hydrogen-bond donors (Lipinski definition) is 1. The van der Waals surface area contributed by atoms with Crippen LogP contribution in [0.1, 0.15) is 55.7 Å². The van der Waals surface area contributed by atoms with Gasteiger partial charge in [-0.05, 0) is 51.3 Å². The quantitative estimate of drug-likeness (QED) is 0.783. The van der Waals surface area contributed by atoms with Gasteiger partial charge in [0.2, 0.25) is 0 Å². The first-order valence-corrected chi connectivity index (χ1v) is 7.45. The third kappa shape index (κ3) is 3.45. The van der Waals surface area contributed by atoms with Gasteiger partial charge in [0.15, 0.2) is 0 Å². The lowest BCUT2D eigenvalue weighted by atomic mass is 9.90. The molecule has 1 aliphatic carbocycles. The minimum Gasteiger partial charge on any atom is -0.310 e. The SMILES string of the molecule is CNC(/C1=C/CCCCCC1)c1cc(C)c(F)cc1F. The first-order valence-electron chi connectivity index (χ1n) is 7.45. The van der Waals surface area contributed by atoms with Crippen molar-refractivity contribution in [3.05, 3.63) is 46.5 Å². The van der Waals surface area contributed by atoms with Crippen LogP contribution in [0.5, 0.6) is 0 Å². The third-order valence-electron chi connectivity index (χ3n) is 4.07. The Labute approximate surface area is 120 Å². The summed E-state index contributed by atoms with van der Waals surface area (Å²) < 4.78 is 27.5. The van der Waals surface area contributed by atoms with Gasteiger partial charge in [-0.1, -0.05) is 24.5 Å². The summed E-state index contributed by atoms with van der Waals surface area (Å²) in [5, 5.41) is 3.19. The maximum atomic E-state index is 14.1. The van der Waals surface area contributed by atoms with Crippen LogP contribution in [0, 0.1) is 18.6 Å². The lowest BCUT2D eigenvalue weighted by Crippen LogP contribution is -2.21. The van der Waals surface area contributed by atoms with Crippen LogP contribution < -0.4 is 5.32 Å². The summed E-state index contributed by atoms with van der Waals surface area (Å²) in [6.45, 7) is 1.68. The maximum absolute atomic E-state index is 14.1. The summed E-state index contributed by atoms with van der Waals surface area (Å²) in [6, 6.07) is 2.48. The standard InChI is InChI=1S/C17H23F2N/c1-12-10-14(16(19)11-15(12)18)17(20-2)13-8-6-4-3-5-7-9-13/h8,10-11,17,20H,3-7,9H2,1-2H3/b13-8+. The van der Waals surface area contributed by atoms with Crippen molar-refractivity contribution in [2.45, 2.75) is 51.5 Å². The molecule has 1 aromatic carbocycles. The zero-order chi connectivity index (χ0) is 14.5. The number of aryl methyl sites for hydroxylation is 1. The van der Waals surface area contributed by atoms with Crippen molar-refractivity contribution in [2.75, 3.05) is 7.05 Å². The van der Waals surface area contributed by atoms with Crippen LogP contribution >= 0.6 is 0 Å². The number of rotatable bonds is 3. The Hall–Kier alpha value is -1.22. The van der Waals surface area contributed by atoms with Gasteiger partial charge >= 0.3 is 0 Å². The lowest BCUT2D eigenvalue weighted by molar-refractivity contribution is 0.528. The first kappa shape index (κ1) is 15.2. The van der Waals surface area contributed by atoms with Crippen LogP contribution in [0.2, 0.25) is 0 Å². The Morgan fingerprint density at radius 3 is 2.55 bits per heavy atom. The minimum absolute atomic E-state index is 0.146. The van der Waals surface area contributed by atoms with Crippen molar-refractivity contribution in [1.29, 1.82) is 0 Å². The monoisotopic (exact) mass is 279 g/mol. The highest BCUT2D eigenvalue weighted by atomic mass is 19.1. The van der Waals surface area contributed by atoms with Crippen molar-refractivity contribution >= 4 is 0 Å². The summed E-state index contributed by atoms with van der Waals surface area (Å²) in [6.07, 6.45) is 9.13. The van der Waals surface area contributed by atoms with E-state index < -0.39 is 11.6 Å². The van der Waals surface area contributed by atoms with Crippen molar-refractivity contribution in [2.24, 2.45) is 0 Å². The Balaban J connectivity index is 2.33. The van der Waals surface area contributed by atoms with Crippen molar-refractivity contribution in [1.82, 2.24) is 5.32 Å². The van der Waals surface area contributed by atoms with Crippen LogP contribution in [0.25, 0.3) is 0 Å². The summed E-state index contributed by atoms with van der Waals surface area (Å²) in [7, 11) is 1.84. The van der Waals surface area contributed by atoms with E-state index in [9.17, 15) is 8.78 Å². The molecular formula is C17H23F2N. The van der Waals surface area contributed by atoms with E-state index in [2.05, 4.69) is 11.4 Å². The Kier molecular flexibility index (Phi) is 5.30. The van der Waals surface area contributed by atoms with Crippen LogP contribution in [-0.2, 0) is 0 Å². The Bertz CT molecular complexity index is 494. The Morgan fingerprint density at radius 2 is 1.80 bits per heavy atom. The molecule has 0 amide bonds. The molecule has 0 spiro atoms. The molecule has 0 aliphatic heterocycles. The summed E-state index contributed by atoms with van der Waals surface area (Å²) >= 11 is 0. The van der Waals surface area contributed by atoms with Gasteiger partial charge in [-0.25, -0.2) is 8.78 Å². The summed E-state index contributed by atoms with van der Waals surface area (Å²) in [4.78, 5) is 0. The highest BCUT2D eigenvalue weighted by molar-refractivity contribution is 5.33. The molecule has 0 saturated heterocycles. The number of allylic oxidation sites excluding steroid dienone is 1.